The minimum atomic E-state index is -4.25. The molecule has 2 fully saturated rings. The molecule has 230 valence electrons. The molecule has 0 unspecified atom stereocenters. The molecule has 4 rings (SSSR count). The molecular weight excluding hydrogens is 588 g/mol. The van der Waals surface area contributed by atoms with E-state index < -0.39 is 63.0 Å². The van der Waals surface area contributed by atoms with Gasteiger partial charge in [0.25, 0.3) is 15.9 Å². The Morgan fingerprint density at radius 1 is 1.14 bits per heavy atom. The van der Waals surface area contributed by atoms with Gasteiger partial charge in [0.15, 0.2) is 0 Å². The lowest BCUT2D eigenvalue weighted by atomic mass is 10.1. The number of amides is 4. The number of nitrogens with zero attached hydrogens (tertiary/aromatic N) is 1. The van der Waals surface area contributed by atoms with E-state index in [1.54, 1.807) is 26.8 Å². The van der Waals surface area contributed by atoms with E-state index >= 15 is 0 Å². The van der Waals surface area contributed by atoms with E-state index in [2.05, 4.69) is 15.4 Å². The van der Waals surface area contributed by atoms with Crippen LogP contribution in [0.4, 0.5) is 4.79 Å². The largest absolute Gasteiger partial charge is 0.444 e. The van der Waals surface area contributed by atoms with Crippen molar-refractivity contribution in [3.05, 3.63) is 41.4 Å². The molecule has 0 spiro atoms. The van der Waals surface area contributed by atoms with Crippen molar-refractivity contribution in [1.29, 1.82) is 0 Å². The van der Waals surface area contributed by atoms with Gasteiger partial charge in [0.2, 0.25) is 11.8 Å². The van der Waals surface area contributed by atoms with E-state index in [0.717, 1.165) is 0 Å². The van der Waals surface area contributed by atoms with Crippen molar-refractivity contribution in [2.75, 3.05) is 19.8 Å². The van der Waals surface area contributed by atoms with Crippen LogP contribution in [0.3, 0.4) is 0 Å². The van der Waals surface area contributed by atoms with E-state index in [9.17, 15) is 27.6 Å². The molecule has 1 saturated heterocycles. The number of carbonyl (C=O) groups is 4. The molecule has 1 aromatic rings. The van der Waals surface area contributed by atoms with Crippen molar-refractivity contribution >= 4 is 45.4 Å². The van der Waals surface area contributed by atoms with Gasteiger partial charge >= 0.3 is 6.09 Å². The van der Waals surface area contributed by atoms with Gasteiger partial charge in [-0.25, -0.2) is 17.9 Å². The first-order valence-corrected chi connectivity index (χ1v) is 15.8. The van der Waals surface area contributed by atoms with Crippen LogP contribution >= 0.6 is 11.6 Å². The monoisotopic (exact) mass is 624 g/mol. The highest BCUT2D eigenvalue weighted by atomic mass is 35.5. The quantitative estimate of drug-likeness (QED) is 0.430. The molecule has 1 aromatic carbocycles. The summed E-state index contributed by atoms with van der Waals surface area (Å²) < 4.78 is 39.0. The van der Waals surface area contributed by atoms with Gasteiger partial charge in [-0.15, -0.1) is 0 Å². The van der Waals surface area contributed by atoms with Crippen LogP contribution in [0.5, 0.6) is 0 Å². The zero-order valence-corrected chi connectivity index (χ0v) is 25.4. The molecule has 1 saturated carbocycles. The Hall–Kier alpha value is -3.16. The number of nitrogens with one attached hydrogen (secondary N) is 3. The molecule has 1 aliphatic carbocycles. The number of carbonyl (C=O) groups excluding carboxylic acids is 4. The second-order valence-electron chi connectivity index (χ2n) is 11.7. The zero-order chi connectivity index (χ0) is 30.7. The molecule has 3 N–H and O–H groups in total. The first-order valence-electron chi connectivity index (χ1n) is 13.9. The number of halogens is 1. The Labute approximate surface area is 250 Å². The van der Waals surface area contributed by atoms with Crippen molar-refractivity contribution in [2.45, 2.75) is 81.0 Å². The van der Waals surface area contributed by atoms with Crippen LogP contribution in [-0.4, -0.2) is 80.1 Å². The van der Waals surface area contributed by atoms with Gasteiger partial charge in [0.05, 0.1) is 11.5 Å². The van der Waals surface area contributed by atoms with Crippen molar-refractivity contribution in [3.8, 4) is 0 Å². The predicted molar refractivity (Wildman–Crippen MR) is 153 cm³/mol. The molecule has 0 bridgehead atoms. The molecule has 42 heavy (non-hydrogen) atoms. The highest BCUT2D eigenvalue weighted by Gasteiger charge is 2.61. The van der Waals surface area contributed by atoms with Gasteiger partial charge in [0, 0.05) is 30.5 Å². The normalized spacial score (nSPS) is 27.8. The number of ether oxygens (including phenoxy) is 2. The van der Waals surface area contributed by atoms with Gasteiger partial charge in [-0.05, 0) is 70.7 Å². The van der Waals surface area contributed by atoms with E-state index in [-0.39, 0.29) is 30.9 Å². The number of benzene rings is 1. The topological polar surface area (TPSA) is 160 Å². The SMILES string of the molecule is CC(C)(C)OC(=O)N[C@H]1CCOCC/C=C\[C@@H]2C[C@@]2(C(=O)NS(=O)(=O)c2ccc(Cl)cc2)NC(=O)[C@@H]2CCCN2C1=O. The zero-order valence-electron chi connectivity index (χ0n) is 23.9. The summed E-state index contributed by atoms with van der Waals surface area (Å²) in [6.45, 7) is 5.90. The Bertz CT molecular complexity index is 1340. The van der Waals surface area contributed by atoms with E-state index in [0.29, 0.717) is 30.9 Å². The Kier molecular flexibility index (Phi) is 9.53. The summed E-state index contributed by atoms with van der Waals surface area (Å²) in [7, 11) is -4.25. The summed E-state index contributed by atoms with van der Waals surface area (Å²) >= 11 is 5.87. The highest BCUT2D eigenvalue weighted by Crippen LogP contribution is 2.45. The molecule has 14 heteroatoms. The van der Waals surface area contributed by atoms with Gasteiger partial charge < -0.3 is 25.0 Å². The van der Waals surface area contributed by atoms with Gasteiger partial charge in [0.1, 0.15) is 23.2 Å². The molecule has 4 atom stereocenters. The minimum Gasteiger partial charge on any atom is -0.444 e. The fourth-order valence-electron chi connectivity index (χ4n) is 5.10. The maximum Gasteiger partial charge on any atom is 0.408 e. The van der Waals surface area contributed by atoms with Crippen LogP contribution in [0.15, 0.2) is 41.3 Å². The number of hydrogen-bond acceptors (Lipinski definition) is 8. The minimum absolute atomic E-state index is 0.152. The van der Waals surface area contributed by atoms with E-state index in [4.69, 9.17) is 21.1 Å². The number of sulfonamides is 1. The third-order valence-electron chi connectivity index (χ3n) is 7.29. The van der Waals surface area contributed by atoms with E-state index in [1.165, 1.54) is 29.2 Å². The lowest BCUT2D eigenvalue weighted by Gasteiger charge is -2.30. The van der Waals surface area contributed by atoms with Crippen molar-refractivity contribution in [1.82, 2.24) is 20.3 Å². The summed E-state index contributed by atoms with van der Waals surface area (Å²) in [6, 6.07) is 3.44. The van der Waals surface area contributed by atoms with E-state index in [1.807, 2.05) is 6.08 Å². The molecule has 4 amide bonds. The number of hydrogen-bond donors (Lipinski definition) is 3. The van der Waals surface area contributed by atoms with Crippen LogP contribution in [0.2, 0.25) is 5.02 Å². The second-order valence-corrected chi connectivity index (χ2v) is 13.8. The third kappa shape index (κ3) is 7.61. The fraction of sp³-hybridized carbons (Fsp3) is 0.571. The first kappa shape index (κ1) is 31.8. The average molecular weight is 625 g/mol. The maximum absolute atomic E-state index is 13.6. The summed E-state index contributed by atoms with van der Waals surface area (Å²) in [5.41, 5.74) is -2.29. The molecular formula is C28H37ClN4O8S. The molecule has 2 heterocycles. The molecule has 2 aliphatic heterocycles. The third-order valence-corrected chi connectivity index (χ3v) is 8.89. The summed E-state index contributed by atoms with van der Waals surface area (Å²) in [5.74, 6) is -2.37. The van der Waals surface area contributed by atoms with Gasteiger partial charge in [-0.3, -0.25) is 14.4 Å². The van der Waals surface area contributed by atoms with Crippen LogP contribution in [0.1, 0.15) is 52.9 Å². The Morgan fingerprint density at radius 2 is 1.86 bits per heavy atom. The summed E-state index contributed by atoms with van der Waals surface area (Å²) in [4.78, 5) is 54.5. The smallest absolute Gasteiger partial charge is 0.408 e. The number of alkyl carbamates (subject to hydrolysis) is 1. The summed E-state index contributed by atoms with van der Waals surface area (Å²) in [5, 5.41) is 5.73. The number of rotatable bonds is 4. The maximum atomic E-state index is 13.6. The van der Waals surface area contributed by atoms with Crippen molar-refractivity contribution < 1.29 is 37.1 Å². The van der Waals surface area contributed by atoms with Crippen LogP contribution in [0.25, 0.3) is 0 Å². The van der Waals surface area contributed by atoms with Crippen LogP contribution < -0.4 is 15.4 Å². The predicted octanol–water partition coefficient (Wildman–Crippen LogP) is 2.27. The molecule has 0 radical (unpaired) electrons. The van der Waals surface area contributed by atoms with Crippen LogP contribution in [-0.2, 0) is 33.9 Å². The molecule has 3 aliphatic rings. The Morgan fingerprint density at radius 3 is 2.55 bits per heavy atom. The lowest BCUT2D eigenvalue weighted by molar-refractivity contribution is -0.141. The van der Waals surface area contributed by atoms with Gasteiger partial charge in [-0.1, -0.05) is 23.8 Å². The standard InChI is InChI=1S/C28H37ClN4O8S/c1-27(2,3)41-26(37)30-21-13-16-40-15-5-4-7-18-17-28(18,31-23(34)22-8-6-14-33(22)24(21)35)25(36)32-42(38,39)20-11-9-19(29)10-12-20/h4,7,9-12,18,21-22H,5-6,8,13-17H2,1-3H3,(H,30,37)(H,31,34)(H,32,36)/b7-4-/t18-,21+,22+,28-/m1/s1. The summed E-state index contributed by atoms with van der Waals surface area (Å²) in [6.07, 6.45) is 4.52. The first-order chi connectivity index (χ1) is 19.7. The van der Waals surface area contributed by atoms with Gasteiger partial charge in [-0.2, -0.15) is 0 Å². The van der Waals surface area contributed by atoms with Crippen molar-refractivity contribution in [3.63, 3.8) is 0 Å². The highest BCUT2D eigenvalue weighted by molar-refractivity contribution is 7.90. The second kappa shape index (κ2) is 12.6. The fourth-order valence-corrected chi connectivity index (χ4v) is 6.26. The van der Waals surface area contributed by atoms with Crippen molar-refractivity contribution in [2.24, 2.45) is 5.92 Å². The van der Waals surface area contributed by atoms with Crippen LogP contribution in [0, 0.1) is 5.92 Å². The molecule has 12 nitrogen and oxygen atoms in total. The number of fused-ring (bicyclic) bond motifs is 2. The Balaban J connectivity index is 1.56. The molecule has 0 aromatic heterocycles. The lowest BCUT2D eigenvalue weighted by Crippen LogP contribution is -2.58. The average Bonchev–Trinajstić information content (AvgIpc) is 3.35.